The van der Waals surface area contributed by atoms with E-state index in [0.717, 1.165) is 16.8 Å². The number of aromatic nitrogens is 1. The number of hydrogen-bond acceptors (Lipinski definition) is 3. The van der Waals surface area contributed by atoms with Gasteiger partial charge in [0, 0.05) is 11.1 Å². The molecule has 0 unspecified atom stereocenters. The fourth-order valence-electron chi connectivity index (χ4n) is 1.94. The molecular formula is C14H18N2O. The molecule has 3 nitrogen and oxygen atoms in total. The highest BCUT2D eigenvalue weighted by Crippen LogP contribution is 2.34. The first-order valence-electron chi connectivity index (χ1n) is 5.73. The summed E-state index contributed by atoms with van der Waals surface area (Å²) in [5.41, 5.74) is 9.86. The van der Waals surface area contributed by atoms with Gasteiger partial charge in [0.15, 0.2) is 0 Å². The summed E-state index contributed by atoms with van der Waals surface area (Å²) in [4.78, 5) is 0. The number of anilines is 1. The maximum Gasteiger partial charge on any atom is 0.225 e. The molecule has 1 aromatic heterocycles. The van der Waals surface area contributed by atoms with Crippen molar-refractivity contribution < 1.29 is 4.52 Å². The van der Waals surface area contributed by atoms with Crippen molar-refractivity contribution in [3.05, 3.63) is 35.4 Å². The summed E-state index contributed by atoms with van der Waals surface area (Å²) in [7, 11) is 0. The quantitative estimate of drug-likeness (QED) is 0.815. The Balaban J connectivity index is 2.64. The van der Waals surface area contributed by atoms with Crippen LogP contribution in [-0.4, -0.2) is 5.16 Å². The Hall–Kier alpha value is -1.77. The number of nitrogens with two attached hydrogens (primary N) is 1. The van der Waals surface area contributed by atoms with Crippen LogP contribution in [0.2, 0.25) is 0 Å². The first-order valence-corrected chi connectivity index (χ1v) is 5.73. The second-order valence-electron chi connectivity index (χ2n) is 5.32. The van der Waals surface area contributed by atoms with Gasteiger partial charge >= 0.3 is 0 Å². The zero-order valence-corrected chi connectivity index (χ0v) is 10.7. The Labute approximate surface area is 102 Å². The van der Waals surface area contributed by atoms with Crippen LogP contribution in [0.1, 0.15) is 31.9 Å². The minimum atomic E-state index is 0.0662. The number of nitrogen functional groups attached to an aromatic ring is 1. The van der Waals surface area contributed by atoms with Gasteiger partial charge in [-0.1, -0.05) is 50.2 Å². The molecule has 0 aliphatic rings. The molecule has 3 heteroatoms. The molecular weight excluding hydrogens is 212 g/mol. The predicted octanol–water partition coefficient (Wildman–Crippen LogP) is 3.53. The van der Waals surface area contributed by atoms with Crippen LogP contribution in [0.3, 0.4) is 0 Å². The lowest BCUT2D eigenvalue weighted by molar-refractivity contribution is 0.438. The van der Waals surface area contributed by atoms with Crippen LogP contribution in [0, 0.1) is 6.92 Å². The van der Waals surface area contributed by atoms with E-state index in [1.54, 1.807) is 0 Å². The zero-order chi connectivity index (χ0) is 12.6. The average Bonchev–Trinajstić information content (AvgIpc) is 2.59. The van der Waals surface area contributed by atoms with E-state index in [2.05, 4.69) is 38.1 Å². The van der Waals surface area contributed by atoms with Crippen molar-refractivity contribution in [1.82, 2.24) is 5.16 Å². The number of hydrogen-bond donors (Lipinski definition) is 1. The van der Waals surface area contributed by atoms with Gasteiger partial charge in [-0.05, 0) is 17.9 Å². The molecule has 0 fully saturated rings. The smallest absolute Gasteiger partial charge is 0.225 e. The molecule has 2 N–H and O–H groups in total. The van der Waals surface area contributed by atoms with Crippen LogP contribution in [0.25, 0.3) is 11.3 Å². The molecule has 0 saturated carbocycles. The van der Waals surface area contributed by atoms with E-state index in [9.17, 15) is 0 Å². The Bertz CT molecular complexity index is 535. The summed E-state index contributed by atoms with van der Waals surface area (Å²) in [6, 6.07) is 8.24. The third kappa shape index (κ3) is 2.05. The van der Waals surface area contributed by atoms with E-state index in [0.29, 0.717) is 5.88 Å². The van der Waals surface area contributed by atoms with Crippen molar-refractivity contribution in [3.8, 4) is 11.3 Å². The van der Waals surface area contributed by atoms with Crippen LogP contribution in [0.5, 0.6) is 0 Å². The second kappa shape index (κ2) is 3.91. The van der Waals surface area contributed by atoms with Crippen molar-refractivity contribution in [2.24, 2.45) is 0 Å². The summed E-state index contributed by atoms with van der Waals surface area (Å²) in [5, 5.41) is 4.06. The van der Waals surface area contributed by atoms with Gasteiger partial charge in [0.2, 0.25) is 5.88 Å². The SMILES string of the molecule is Cc1c(-c2ccccc2C(C)(C)C)noc1N. The third-order valence-corrected chi connectivity index (χ3v) is 2.95. The first-order chi connectivity index (χ1) is 7.91. The Morgan fingerprint density at radius 2 is 1.82 bits per heavy atom. The number of rotatable bonds is 1. The minimum absolute atomic E-state index is 0.0662. The molecule has 1 aromatic carbocycles. The lowest BCUT2D eigenvalue weighted by Gasteiger charge is -2.22. The molecule has 0 amide bonds. The minimum Gasteiger partial charge on any atom is -0.367 e. The first kappa shape index (κ1) is 11.7. The molecule has 0 radical (unpaired) electrons. The molecule has 0 saturated heterocycles. The summed E-state index contributed by atoms with van der Waals surface area (Å²) in [5.74, 6) is 0.392. The molecule has 0 atom stereocenters. The fourth-order valence-corrected chi connectivity index (χ4v) is 1.94. The van der Waals surface area contributed by atoms with Gasteiger partial charge in [-0.3, -0.25) is 0 Å². The van der Waals surface area contributed by atoms with Crippen molar-refractivity contribution in [2.75, 3.05) is 5.73 Å². The molecule has 0 bridgehead atoms. The van der Waals surface area contributed by atoms with Gasteiger partial charge in [-0.15, -0.1) is 0 Å². The lowest BCUT2D eigenvalue weighted by Crippen LogP contribution is -2.12. The van der Waals surface area contributed by atoms with Crippen molar-refractivity contribution >= 4 is 5.88 Å². The summed E-state index contributed by atoms with van der Waals surface area (Å²) >= 11 is 0. The highest BCUT2D eigenvalue weighted by molar-refractivity contribution is 5.70. The van der Waals surface area contributed by atoms with Gasteiger partial charge in [-0.2, -0.15) is 0 Å². The molecule has 0 aliphatic carbocycles. The van der Waals surface area contributed by atoms with E-state index in [1.807, 2.05) is 19.1 Å². The van der Waals surface area contributed by atoms with Crippen molar-refractivity contribution in [3.63, 3.8) is 0 Å². The number of benzene rings is 1. The van der Waals surface area contributed by atoms with E-state index in [1.165, 1.54) is 5.56 Å². The Morgan fingerprint density at radius 1 is 1.18 bits per heavy atom. The summed E-state index contributed by atoms with van der Waals surface area (Å²) in [6.07, 6.45) is 0. The van der Waals surface area contributed by atoms with Gasteiger partial charge in [0.1, 0.15) is 5.69 Å². The van der Waals surface area contributed by atoms with Crippen LogP contribution < -0.4 is 5.73 Å². The zero-order valence-electron chi connectivity index (χ0n) is 10.7. The number of nitrogens with zero attached hydrogens (tertiary/aromatic N) is 1. The van der Waals surface area contributed by atoms with E-state index in [4.69, 9.17) is 10.3 Å². The largest absolute Gasteiger partial charge is 0.367 e. The van der Waals surface area contributed by atoms with Crippen molar-refractivity contribution in [1.29, 1.82) is 0 Å². The van der Waals surface area contributed by atoms with Crippen LogP contribution in [0.4, 0.5) is 5.88 Å². The highest BCUT2D eigenvalue weighted by Gasteiger charge is 2.21. The molecule has 2 rings (SSSR count). The highest BCUT2D eigenvalue weighted by atomic mass is 16.5. The van der Waals surface area contributed by atoms with Gasteiger partial charge in [-0.25, -0.2) is 0 Å². The predicted molar refractivity (Wildman–Crippen MR) is 69.8 cm³/mol. The molecule has 0 aliphatic heterocycles. The maximum absolute atomic E-state index is 5.71. The van der Waals surface area contributed by atoms with Crippen LogP contribution in [0.15, 0.2) is 28.8 Å². The van der Waals surface area contributed by atoms with E-state index < -0.39 is 0 Å². The van der Waals surface area contributed by atoms with Crippen LogP contribution in [-0.2, 0) is 5.41 Å². The molecule has 17 heavy (non-hydrogen) atoms. The third-order valence-electron chi connectivity index (χ3n) is 2.95. The molecule has 2 aromatic rings. The van der Waals surface area contributed by atoms with Gasteiger partial charge < -0.3 is 10.3 Å². The molecule has 1 heterocycles. The van der Waals surface area contributed by atoms with E-state index >= 15 is 0 Å². The second-order valence-corrected chi connectivity index (χ2v) is 5.32. The maximum atomic E-state index is 5.71. The van der Waals surface area contributed by atoms with Gasteiger partial charge in [0.25, 0.3) is 0 Å². The van der Waals surface area contributed by atoms with E-state index in [-0.39, 0.29) is 5.41 Å². The lowest BCUT2D eigenvalue weighted by atomic mass is 9.82. The van der Waals surface area contributed by atoms with Crippen molar-refractivity contribution in [2.45, 2.75) is 33.1 Å². The van der Waals surface area contributed by atoms with Crippen LogP contribution >= 0.6 is 0 Å². The normalized spacial score (nSPS) is 11.8. The summed E-state index contributed by atoms with van der Waals surface area (Å²) in [6.45, 7) is 8.49. The summed E-state index contributed by atoms with van der Waals surface area (Å²) < 4.78 is 5.05. The molecule has 0 spiro atoms. The Kier molecular flexibility index (Phi) is 2.69. The average molecular weight is 230 g/mol. The topological polar surface area (TPSA) is 52.0 Å². The standard InChI is InChI=1S/C14H18N2O/c1-9-12(16-17-13(9)15)10-7-5-6-8-11(10)14(2,3)4/h5-8H,15H2,1-4H3. The molecule has 90 valence electrons. The van der Waals surface area contributed by atoms with Gasteiger partial charge in [0.05, 0.1) is 0 Å². The Morgan fingerprint density at radius 3 is 2.35 bits per heavy atom. The fraction of sp³-hybridized carbons (Fsp3) is 0.357. The monoisotopic (exact) mass is 230 g/mol.